The molecule has 1 aliphatic carbocycles. The van der Waals surface area contributed by atoms with E-state index in [0.717, 1.165) is 29.3 Å². The number of piperidine rings is 1. The summed E-state index contributed by atoms with van der Waals surface area (Å²) in [6, 6.07) is 10.1. The number of hydrogen-bond acceptors (Lipinski definition) is 6. The first kappa shape index (κ1) is 38.5. The normalized spacial score (nSPS) is 21.0. The molecule has 3 N–H and O–H groups in total. The molecule has 2 saturated heterocycles. The molecular weight excluding hydrogens is 694 g/mol. The molecule has 1 saturated carbocycles. The van der Waals surface area contributed by atoms with Gasteiger partial charge >= 0.3 is 0 Å². The van der Waals surface area contributed by atoms with Crippen LogP contribution in [0.25, 0.3) is 10.9 Å². The Bertz CT molecular complexity index is 1790. The van der Waals surface area contributed by atoms with Gasteiger partial charge in [0, 0.05) is 60.9 Å². The number of carbonyl (C=O) groups is 4. The molecule has 12 heteroatoms. The van der Waals surface area contributed by atoms with Crippen molar-refractivity contribution in [3.8, 4) is 11.5 Å². The zero-order valence-corrected chi connectivity index (χ0v) is 32.2. The van der Waals surface area contributed by atoms with Crippen molar-refractivity contribution >= 4 is 46.1 Å². The number of methoxy groups -OCH3 is 1. The third-order valence-electron chi connectivity index (χ3n) is 11.4. The van der Waals surface area contributed by atoms with Crippen LogP contribution < -0.4 is 20.1 Å². The molecule has 3 heterocycles. The van der Waals surface area contributed by atoms with E-state index in [1.54, 1.807) is 48.2 Å². The van der Waals surface area contributed by atoms with Crippen LogP contribution in [-0.4, -0.2) is 90.9 Å². The Morgan fingerprint density at radius 2 is 1.74 bits per heavy atom. The highest BCUT2D eigenvalue weighted by Gasteiger charge is 2.48. The predicted molar refractivity (Wildman–Crippen MR) is 205 cm³/mol. The number of nitrogens with zero attached hydrogens (tertiary/aromatic N) is 2. The predicted octanol–water partition coefficient (Wildman–Crippen LogP) is 5.99. The van der Waals surface area contributed by atoms with Gasteiger partial charge in [-0.15, -0.1) is 0 Å². The summed E-state index contributed by atoms with van der Waals surface area (Å²) in [4.78, 5) is 62.1. The van der Waals surface area contributed by atoms with Gasteiger partial charge in [-0.1, -0.05) is 62.6 Å². The van der Waals surface area contributed by atoms with Gasteiger partial charge in [-0.3, -0.25) is 19.2 Å². The number of likely N-dealkylation sites (N-methyl/N-ethyl adjacent to an activating group) is 1. The number of carbonyl (C=O) groups excluding carboxylic acids is 4. The first-order valence-corrected chi connectivity index (χ1v) is 19.6. The van der Waals surface area contributed by atoms with Gasteiger partial charge in [0.15, 0.2) is 11.5 Å². The van der Waals surface area contributed by atoms with E-state index < -0.39 is 12.0 Å². The van der Waals surface area contributed by atoms with Gasteiger partial charge in [0.1, 0.15) is 6.04 Å². The van der Waals surface area contributed by atoms with E-state index in [0.29, 0.717) is 54.1 Å². The summed E-state index contributed by atoms with van der Waals surface area (Å²) in [5.74, 6) is 0.0665. The summed E-state index contributed by atoms with van der Waals surface area (Å²) < 4.78 is 11.4. The standard InChI is InChI=1S/C41H54ClN5O6/c1-25(2)53-36-16-13-27(17-37(36)52-4)41(51)47-22-29-21-46(38(48)18-28-20-44-35-19-30(42)14-15-31(28)35)24-33(32(29)23-47)39(49)45-34(40(50)43-3)12-8-11-26-9-6-5-7-10-26/h13-17,19-20,25-26,29,32-34,44H,5-12,18,21-24H2,1-4H3,(H,43,50)(H,45,49)/t29?,32?,33?,34-/m0/s1. The first-order chi connectivity index (χ1) is 25.5. The number of aromatic amines is 1. The third-order valence-corrected chi connectivity index (χ3v) is 11.6. The topological polar surface area (TPSA) is 133 Å². The molecule has 286 valence electrons. The highest BCUT2D eigenvalue weighted by atomic mass is 35.5. The summed E-state index contributed by atoms with van der Waals surface area (Å²) in [7, 11) is 3.14. The van der Waals surface area contributed by atoms with Gasteiger partial charge in [0.2, 0.25) is 17.7 Å². The Kier molecular flexibility index (Phi) is 12.5. The van der Waals surface area contributed by atoms with Gasteiger partial charge in [-0.25, -0.2) is 0 Å². The Morgan fingerprint density at radius 3 is 2.47 bits per heavy atom. The van der Waals surface area contributed by atoms with Crippen LogP contribution in [0.4, 0.5) is 0 Å². The Balaban J connectivity index is 1.21. The minimum Gasteiger partial charge on any atom is -0.493 e. The zero-order chi connectivity index (χ0) is 37.6. The first-order valence-electron chi connectivity index (χ1n) is 19.2. The van der Waals surface area contributed by atoms with Crippen LogP contribution in [0.1, 0.15) is 81.1 Å². The van der Waals surface area contributed by atoms with E-state index in [1.807, 2.05) is 32.2 Å². The summed E-state index contributed by atoms with van der Waals surface area (Å²) in [6.07, 6.45) is 10.7. The number of amides is 4. The Hall–Kier alpha value is -4.25. The molecule has 6 rings (SSSR count). The van der Waals surface area contributed by atoms with Gasteiger partial charge < -0.3 is 34.9 Å². The lowest BCUT2D eigenvalue weighted by Gasteiger charge is -2.40. The van der Waals surface area contributed by atoms with Crippen LogP contribution in [0.15, 0.2) is 42.6 Å². The van der Waals surface area contributed by atoms with Gasteiger partial charge in [-0.2, -0.15) is 0 Å². The molecule has 4 atom stereocenters. The molecule has 11 nitrogen and oxygen atoms in total. The highest BCUT2D eigenvalue weighted by molar-refractivity contribution is 6.31. The van der Waals surface area contributed by atoms with Crippen LogP contribution >= 0.6 is 11.6 Å². The molecule has 0 bridgehead atoms. The van der Waals surface area contributed by atoms with Crippen molar-refractivity contribution in [2.75, 3.05) is 40.3 Å². The van der Waals surface area contributed by atoms with E-state index >= 15 is 0 Å². The molecule has 0 spiro atoms. The van der Waals surface area contributed by atoms with Crippen LogP contribution in [-0.2, 0) is 20.8 Å². The quantitative estimate of drug-likeness (QED) is 0.197. The van der Waals surface area contributed by atoms with Crippen LogP contribution in [0.5, 0.6) is 11.5 Å². The molecule has 1 aromatic heterocycles. The fraction of sp³-hybridized carbons (Fsp3) is 0.561. The molecule has 3 aliphatic rings. The minimum absolute atomic E-state index is 0.0600. The summed E-state index contributed by atoms with van der Waals surface area (Å²) in [6.45, 7) is 5.25. The number of hydrogen-bond donors (Lipinski definition) is 3. The van der Waals surface area contributed by atoms with Crippen LogP contribution in [0.2, 0.25) is 5.02 Å². The molecule has 2 aromatic carbocycles. The van der Waals surface area contributed by atoms with Crippen molar-refractivity contribution in [3.63, 3.8) is 0 Å². The van der Waals surface area contributed by atoms with E-state index in [1.165, 1.54) is 32.1 Å². The molecule has 4 amide bonds. The lowest BCUT2D eigenvalue weighted by atomic mass is 9.79. The number of aromatic nitrogens is 1. The van der Waals surface area contributed by atoms with Gasteiger partial charge in [0.05, 0.1) is 25.6 Å². The number of halogens is 1. The summed E-state index contributed by atoms with van der Waals surface area (Å²) in [5.41, 5.74) is 2.16. The summed E-state index contributed by atoms with van der Waals surface area (Å²) >= 11 is 6.20. The number of nitrogens with one attached hydrogen (secondary N) is 3. The second-order valence-corrected chi connectivity index (χ2v) is 15.8. The fourth-order valence-corrected chi connectivity index (χ4v) is 8.82. The molecule has 3 aromatic rings. The number of ether oxygens (including phenoxy) is 2. The monoisotopic (exact) mass is 747 g/mol. The Labute approximate surface area is 317 Å². The average molecular weight is 748 g/mol. The van der Waals surface area contributed by atoms with E-state index in [9.17, 15) is 19.2 Å². The highest BCUT2D eigenvalue weighted by Crippen LogP contribution is 2.38. The SMILES string of the molecule is CNC(=O)[C@H](CCCC1CCCCC1)NC(=O)C1CN(C(=O)Cc2c[nH]c3cc(Cl)ccc23)CC2CN(C(=O)c3ccc(OC(C)C)c(OC)c3)CC21. The van der Waals surface area contributed by atoms with Crippen molar-refractivity contribution in [1.82, 2.24) is 25.4 Å². The second-order valence-electron chi connectivity index (χ2n) is 15.4. The zero-order valence-electron chi connectivity index (χ0n) is 31.4. The van der Waals surface area contributed by atoms with Gasteiger partial charge in [-0.05, 0) is 73.9 Å². The van der Waals surface area contributed by atoms with Crippen molar-refractivity contribution in [3.05, 3.63) is 58.7 Å². The lowest BCUT2D eigenvalue weighted by molar-refractivity contribution is -0.140. The van der Waals surface area contributed by atoms with E-state index in [-0.39, 0.29) is 54.5 Å². The molecule has 3 unspecified atom stereocenters. The lowest BCUT2D eigenvalue weighted by Crippen LogP contribution is -2.56. The van der Waals surface area contributed by atoms with Crippen molar-refractivity contribution in [2.45, 2.75) is 83.8 Å². The Morgan fingerprint density at radius 1 is 0.962 bits per heavy atom. The van der Waals surface area contributed by atoms with Crippen LogP contribution in [0, 0.1) is 23.7 Å². The van der Waals surface area contributed by atoms with Crippen LogP contribution in [0.3, 0.4) is 0 Å². The maximum atomic E-state index is 14.3. The molecular formula is C41H54ClN5O6. The number of rotatable bonds is 13. The number of likely N-dealkylation sites (tertiary alicyclic amines) is 2. The minimum atomic E-state index is -0.670. The van der Waals surface area contributed by atoms with E-state index in [2.05, 4.69) is 15.6 Å². The average Bonchev–Trinajstić information content (AvgIpc) is 3.77. The molecule has 3 fully saturated rings. The maximum Gasteiger partial charge on any atom is 0.254 e. The smallest absolute Gasteiger partial charge is 0.254 e. The fourth-order valence-electron chi connectivity index (χ4n) is 8.64. The molecule has 2 aliphatic heterocycles. The number of H-pyrrole nitrogens is 1. The molecule has 53 heavy (non-hydrogen) atoms. The second kappa shape index (κ2) is 17.3. The van der Waals surface area contributed by atoms with E-state index in [4.69, 9.17) is 21.1 Å². The number of fused-ring (bicyclic) bond motifs is 2. The van der Waals surface area contributed by atoms with Crippen molar-refractivity contribution in [2.24, 2.45) is 23.7 Å². The number of benzene rings is 2. The van der Waals surface area contributed by atoms with Crippen molar-refractivity contribution in [1.29, 1.82) is 0 Å². The maximum absolute atomic E-state index is 14.3. The third kappa shape index (κ3) is 9.11. The van der Waals surface area contributed by atoms with Crippen molar-refractivity contribution < 1.29 is 28.7 Å². The summed E-state index contributed by atoms with van der Waals surface area (Å²) in [5, 5.41) is 7.36. The largest absolute Gasteiger partial charge is 0.493 e. The van der Waals surface area contributed by atoms with Gasteiger partial charge in [0.25, 0.3) is 5.91 Å². The molecule has 0 radical (unpaired) electrons.